The van der Waals surface area contributed by atoms with Crippen molar-refractivity contribution in [1.82, 2.24) is 20.0 Å². The summed E-state index contributed by atoms with van der Waals surface area (Å²) in [6.07, 6.45) is 0.663. The number of nitrogens with zero attached hydrogens (tertiary/aromatic N) is 3. The topological polar surface area (TPSA) is 75.6 Å². The van der Waals surface area contributed by atoms with E-state index < -0.39 is 0 Å². The molecule has 0 spiro atoms. The summed E-state index contributed by atoms with van der Waals surface area (Å²) in [7, 11) is 1.80. The first-order valence-electron chi connectivity index (χ1n) is 7.49. The zero-order valence-electron chi connectivity index (χ0n) is 12.8. The highest BCUT2D eigenvalue weighted by Gasteiger charge is 2.45. The molecule has 0 aliphatic heterocycles. The van der Waals surface area contributed by atoms with Gasteiger partial charge in [-0.15, -0.1) is 0 Å². The minimum Gasteiger partial charge on any atom is -0.310 e. The van der Waals surface area contributed by atoms with Gasteiger partial charge in [-0.3, -0.25) is 9.89 Å². The minimum absolute atomic E-state index is 0.0513. The molecule has 1 amide bonds. The number of fused-ring (bicyclic) bond motifs is 1. The first-order valence-corrected chi connectivity index (χ1v) is 7.49. The molecule has 3 aromatic rings. The number of rotatable bonds is 3. The number of carbonyl (C=O) groups is 1. The van der Waals surface area contributed by atoms with Crippen LogP contribution in [0.2, 0.25) is 0 Å². The second-order valence-electron chi connectivity index (χ2n) is 5.97. The summed E-state index contributed by atoms with van der Waals surface area (Å²) in [6.45, 7) is 1.87. The fourth-order valence-electron chi connectivity index (χ4n) is 3.14. The van der Waals surface area contributed by atoms with Gasteiger partial charge < -0.3 is 5.32 Å². The van der Waals surface area contributed by atoms with E-state index in [1.165, 1.54) is 6.07 Å². The van der Waals surface area contributed by atoms with E-state index in [9.17, 15) is 9.18 Å². The number of aromatic nitrogens is 4. The molecule has 7 heteroatoms. The van der Waals surface area contributed by atoms with Crippen LogP contribution in [0.4, 0.5) is 10.2 Å². The minimum atomic E-state index is -0.250. The normalized spacial score (nSPS) is 20.0. The Morgan fingerprint density at radius 3 is 3.00 bits per heavy atom. The SMILES string of the molecule is Cc1nn(C)c2n[nH]c(NC(=O)[C@@H]3C[C@@H]3c3ccccc3F)c12. The van der Waals surface area contributed by atoms with Crippen molar-refractivity contribution >= 4 is 22.8 Å². The molecule has 2 atom stereocenters. The monoisotopic (exact) mass is 313 g/mol. The van der Waals surface area contributed by atoms with Gasteiger partial charge in [0.1, 0.15) is 11.6 Å². The average Bonchev–Trinajstić information content (AvgIpc) is 3.12. The maximum atomic E-state index is 13.8. The highest BCUT2D eigenvalue weighted by molar-refractivity contribution is 6.02. The number of hydrogen-bond acceptors (Lipinski definition) is 3. The molecule has 0 bridgehead atoms. The standard InChI is InChI=1S/C16H16FN5O/c1-8-13-14(19-20-15(13)22(2)21-8)18-16(23)11-7-10(11)9-5-3-4-6-12(9)17/h3-6,10-11H,7H2,1-2H3,(H2,18,19,20,23)/t10-,11-/m1/s1. The van der Waals surface area contributed by atoms with Crippen molar-refractivity contribution in [3.8, 4) is 0 Å². The van der Waals surface area contributed by atoms with Gasteiger partial charge in [0.2, 0.25) is 5.91 Å². The van der Waals surface area contributed by atoms with E-state index in [4.69, 9.17) is 0 Å². The highest BCUT2D eigenvalue weighted by Crippen LogP contribution is 2.48. The van der Waals surface area contributed by atoms with Gasteiger partial charge >= 0.3 is 0 Å². The summed E-state index contributed by atoms with van der Waals surface area (Å²) in [5.41, 5.74) is 2.10. The van der Waals surface area contributed by atoms with Crippen LogP contribution in [-0.2, 0) is 11.8 Å². The molecule has 6 nitrogen and oxygen atoms in total. The second-order valence-corrected chi connectivity index (χ2v) is 5.97. The van der Waals surface area contributed by atoms with Crippen molar-refractivity contribution in [1.29, 1.82) is 0 Å². The summed E-state index contributed by atoms with van der Waals surface area (Å²) < 4.78 is 15.5. The zero-order valence-corrected chi connectivity index (χ0v) is 12.8. The van der Waals surface area contributed by atoms with E-state index in [2.05, 4.69) is 20.6 Å². The smallest absolute Gasteiger partial charge is 0.229 e. The first kappa shape index (κ1) is 13.9. The lowest BCUT2D eigenvalue weighted by atomic mass is 10.1. The molecule has 1 fully saturated rings. The van der Waals surface area contributed by atoms with Gasteiger partial charge in [-0.25, -0.2) is 9.07 Å². The second kappa shape index (κ2) is 4.91. The lowest BCUT2D eigenvalue weighted by molar-refractivity contribution is -0.117. The number of aryl methyl sites for hydroxylation is 2. The number of nitrogens with one attached hydrogen (secondary N) is 2. The Labute approximate surface area is 131 Å². The summed E-state index contributed by atoms with van der Waals surface area (Å²) in [5.74, 6) is -0.0755. The molecule has 1 aliphatic rings. The molecule has 2 heterocycles. The molecule has 0 radical (unpaired) electrons. The van der Waals surface area contributed by atoms with Crippen LogP contribution in [-0.4, -0.2) is 25.9 Å². The maximum absolute atomic E-state index is 13.8. The average molecular weight is 313 g/mol. The number of amides is 1. The van der Waals surface area contributed by atoms with Crippen LogP contribution < -0.4 is 5.32 Å². The van der Waals surface area contributed by atoms with E-state index >= 15 is 0 Å². The zero-order chi connectivity index (χ0) is 16.1. The molecular formula is C16H16FN5O. The Morgan fingerprint density at radius 1 is 1.43 bits per heavy atom. The maximum Gasteiger partial charge on any atom is 0.229 e. The predicted molar refractivity (Wildman–Crippen MR) is 83.5 cm³/mol. The summed E-state index contributed by atoms with van der Waals surface area (Å²) >= 11 is 0. The molecule has 0 unspecified atom stereocenters. The molecule has 1 aliphatic carbocycles. The van der Waals surface area contributed by atoms with Crippen LogP contribution >= 0.6 is 0 Å². The number of aromatic amines is 1. The number of halogens is 1. The summed E-state index contributed by atoms with van der Waals surface area (Å²) in [6, 6.07) is 6.62. The van der Waals surface area contributed by atoms with Gasteiger partial charge in [-0.2, -0.15) is 10.2 Å². The highest BCUT2D eigenvalue weighted by atomic mass is 19.1. The van der Waals surface area contributed by atoms with Gasteiger partial charge in [0.15, 0.2) is 5.65 Å². The molecule has 23 heavy (non-hydrogen) atoms. The Bertz CT molecular complexity index is 912. The lowest BCUT2D eigenvalue weighted by Crippen LogP contribution is -2.15. The van der Waals surface area contributed by atoms with Crippen molar-refractivity contribution in [2.75, 3.05) is 5.32 Å². The van der Waals surface area contributed by atoms with Crippen LogP contribution in [0.5, 0.6) is 0 Å². The third-order valence-electron chi connectivity index (χ3n) is 4.40. The molecule has 2 aromatic heterocycles. The van der Waals surface area contributed by atoms with Crippen molar-refractivity contribution < 1.29 is 9.18 Å². The van der Waals surface area contributed by atoms with Gasteiger partial charge in [-0.1, -0.05) is 18.2 Å². The number of H-pyrrole nitrogens is 1. The summed E-state index contributed by atoms with van der Waals surface area (Å²) in [4.78, 5) is 12.4. The van der Waals surface area contributed by atoms with Gasteiger partial charge in [0.25, 0.3) is 0 Å². The van der Waals surface area contributed by atoms with Gasteiger partial charge in [-0.05, 0) is 30.9 Å². The van der Waals surface area contributed by atoms with Crippen LogP contribution in [0, 0.1) is 18.7 Å². The van der Waals surface area contributed by atoms with Gasteiger partial charge in [0.05, 0.1) is 11.1 Å². The van der Waals surface area contributed by atoms with E-state index in [0.29, 0.717) is 23.4 Å². The van der Waals surface area contributed by atoms with Crippen LogP contribution in [0.1, 0.15) is 23.6 Å². The number of benzene rings is 1. The molecule has 118 valence electrons. The largest absolute Gasteiger partial charge is 0.310 e. The molecule has 1 saturated carbocycles. The van der Waals surface area contributed by atoms with E-state index in [1.807, 2.05) is 6.92 Å². The fraction of sp³-hybridized carbons (Fsp3) is 0.312. The summed E-state index contributed by atoms with van der Waals surface area (Å²) in [5, 5.41) is 15.0. The van der Waals surface area contributed by atoms with Gasteiger partial charge in [0, 0.05) is 13.0 Å². The van der Waals surface area contributed by atoms with E-state index in [0.717, 1.165) is 11.1 Å². The molecule has 4 rings (SSSR count). The Hall–Kier alpha value is -2.70. The Balaban J connectivity index is 1.54. The van der Waals surface area contributed by atoms with Crippen molar-refractivity contribution in [2.24, 2.45) is 13.0 Å². The predicted octanol–water partition coefficient (Wildman–Crippen LogP) is 2.49. The van der Waals surface area contributed by atoms with Crippen molar-refractivity contribution in [2.45, 2.75) is 19.3 Å². The number of anilines is 1. The van der Waals surface area contributed by atoms with E-state index in [1.54, 1.807) is 29.9 Å². The lowest BCUT2D eigenvalue weighted by Gasteiger charge is -2.04. The van der Waals surface area contributed by atoms with Crippen molar-refractivity contribution in [3.63, 3.8) is 0 Å². The first-order chi connectivity index (χ1) is 11.1. The molecule has 2 N–H and O–H groups in total. The Morgan fingerprint density at radius 2 is 2.22 bits per heavy atom. The molecule has 0 saturated heterocycles. The molecule has 1 aromatic carbocycles. The number of carbonyl (C=O) groups excluding carboxylic acids is 1. The van der Waals surface area contributed by atoms with Crippen LogP contribution in [0.25, 0.3) is 11.0 Å². The molecular weight excluding hydrogens is 297 g/mol. The third-order valence-corrected chi connectivity index (χ3v) is 4.40. The third kappa shape index (κ3) is 2.19. The van der Waals surface area contributed by atoms with Crippen LogP contribution in [0.3, 0.4) is 0 Å². The van der Waals surface area contributed by atoms with Crippen LogP contribution in [0.15, 0.2) is 24.3 Å². The van der Waals surface area contributed by atoms with E-state index in [-0.39, 0.29) is 23.6 Å². The fourth-order valence-corrected chi connectivity index (χ4v) is 3.14. The number of hydrogen-bond donors (Lipinski definition) is 2. The van der Waals surface area contributed by atoms with Crippen molar-refractivity contribution in [3.05, 3.63) is 41.3 Å². The quantitative estimate of drug-likeness (QED) is 0.780. The Kier molecular flexibility index (Phi) is 2.97.